The molecule has 0 saturated heterocycles. The van der Waals surface area contributed by atoms with Crippen molar-refractivity contribution >= 4 is 11.9 Å². The highest BCUT2D eigenvalue weighted by atomic mass is 16.4. The van der Waals surface area contributed by atoms with E-state index in [0.717, 1.165) is 19.5 Å². The number of amides is 1. The Kier molecular flexibility index (Phi) is 5.91. The van der Waals surface area contributed by atoms with Gasteiger partial charge in [0.25, 0.3) is 0 Å². The van der Waals surface area contributed by atoms with Crippen LogP contribution in [-0.4, -0.2) is 50.0 Å². The first kappa shape index (κ1) is 16.5. The zero-order chi connectivity index (χ0) is 15.9. The van der Waals surface area contributed by atoms with Crippen LogP contribution in [0.4, 0.5) is 0 Å². The summed E-state index contributed by atoms with van der Waals surface area (Å²) in [5.41, 5.74) is -0.137. The highest BCUT2D eigenvalue weighted by Crippen LogP contribution is 2.24. The topological polar surface area (TPSA) is 88.3 Å². The van der Waals surface area contributed by atoms with Gasteiger partial charge in [-0.15, -0.1) is 5.10 Å². The molecule has 22 heavy (non-hydrogen) atoms. The number of hydrogen-bond acceptors (Lipinski definition) is 4. The molecular weight excluding hydrogens is 284 g/mol. The van der Waals surface area contributed by atoms with Crippen molar-refractivity contribution in [3.05, 3.63) is 11.9 Å². The number of aromatic nitrogens is 3. The summed E-state index contributed by atoms with van der Waals surface area (Å²) in [6.45, 7) is 3.63. The van der Waals surface area contributed by atoms with Crippen molar-refractivity contribution in [3.63, 3.8) is 0 Å². The number of rotatable bonds is 7. The van der Waals surface area contributed by atoms with Crippen LogP contribution in [0.5, 0.6) is 0 Å². The summed E-state index contributed by atoms with van der Waals surface area (Å²) >= 11 is 0. The highest BCUT2D eigenvalue weighted by molar-refractivity contribution is 5.84. The molecule has 1 N–H and O–H groups in total. The van der Waals surface area contributed by atoms with Crippen LogP contribution in [0.2, 0.25) is 0 Å². The molecule has 1 aliphatic carbocycles. The summed E-state index contributed by atoms with van der Waals surface area (Å²) < 4.78 is 1.30. The van der Waals surface area contributed by atoms with Crippen LogP contribution in [0, 0.1) is 5.92 Å². The Morgan fingerprint density at radius 1 is 1.36 bits per heavy atom. The summed E-state index contributed by atoms with van der Waals surface area (Å²) in [5.74, 6) is -0.560. The van der Waals surface area contributed by atoms with E-state index in [0.29, 0.717) is 5.92 Å². The van der Waals surface area contributed by atoms with Gasteiger partial charge in [0.2, 0.25) is 5.91 Å². The fourth-order valence-corrected chi connectivity index (χ4v) is 2.98. The summed E-state index contributed by atoms with van der Waals surface area (Å²) in [6, 6.07) is 0. The molecule has 1 saturated carbocycles. The van der Waals surface area contributed by atoms with Crippen molar-refractivity contribution in [1.29, 1.82) is 0 Å². The van der Waals surface area contributed by atoms with E-state index < -0.39 is 5.97 Å². The molecule has 7 nitrogen and oxygen atoms in total. The first-order chi connectivity index (χ1) is 10.6. The van der Waals surface area contributed by atoms with E-state index in [1.807, 2.05) is 4.90 Å². The van der Waals surface area contributed by atoms with E-state index in [1.54, 1.807) is 0 Å². The van der Waals surface area contributed by atoms with Crippen LogP contribution < -0.4 is 0 Å². The number of aromatic carboxylic acids is 1. The Morgan fingerprint density at radius 2 is 2.09 bits per heavy atom. The minimum Gasteiger partial charge on any atom is -0.476 e. The van der Waals surface area contributed by atoms with Crippen molar-refractivity contribution in [2.24, 2.45) is 5.92 Å². The lowest BCUT2D eigenvalue weighted by Crippen LogP contribution is -2.38. The summed E-state index contributed by atoms with van der Waals surface area (Å²) in [7, 11) is 0. The van der Waals surface area contributed by atoms with Gasteiger partial charge in [-0.05, 0) is 25.2 Å². The lowest BCUT2D eigenvalue weighted by atomic mass is 9.89. The molecule has 0 aromatic carbocycles. The van der Waals surface area contributed by atoms with Crippen LogP contribution >= 0.6 is 0 Å². The molecule has 0 bridgehead atoms. The highest BCUT2D eigenvalue weighted by Gasteiger charge is 2.21. The van der Waals surface area contributed by atoms with Gasteiger partial charge in [0.15, 0.2) is 5.69 Å². The smallest absolute Gasteiger partial charge is 0.358 e. The molecule has 1 heterocycles. The maximum Gasteiger partial charge on any atom is 0.358 e. The maximum atomic E-state index is 12.4. The second kappa shape index (κ2) is 7.91. The third-order valence-corrected chi connectivity index (χ3v) is 4.10. The molecule has 0 radical (unpaired) electrons. The Labute approximate surface area is 130 Å². The SMILES string of the molecule is CCCN(CC1CCCCC1)C(=O)Cn1cc(C(=O)O)nn1. The van der Waals surface area contributed by atoms with Gasteiger partial charge in [0, 0.05) is 13.1 Å². The van der Waals surface area contributed by atoms with Crippen LogP contribution in [0.15, 0.2) is 6.20 Å². The van der Waals surface area contributed by atoms with Crippen molar-refractivity contribution < 1.29 is 14.7 Å². The van der Waals surface area contributed by atoms with Crippen molar-refractivity contribution in [2.75, 3.05) is 13.1 Å². The van der Waals surface area contributed by atoms with Crippen LogP contribution in [0.1, 0.15) is 55.9 Å². The maximum absolute atomic E-state index is 12.4. The Hall–Kier alpha value is -1.92. The number of nitrogens with zero attached hydrogens (tertiary/aromatic N) is 4. The minimum atomic E-state index is -1.13. The molecule has 1 aliphatic rings. The average molecular weight is 308 g/mol. The predicted octanol–water partition coefficient (Wildman–Crippen LogP) is 1.80. The Bertz CT molecular complexity index is 509. The molecule has 0 unspecified atom stereocenters. The van der Waals surface area contributed by atoms with Gasteiger partial charge >= 0.3 is 5.97 Å². The Morgan fingerprint density at radius 3 is 2.68 bits per heavy atom. The molecule has 122 valence electrons. The first-order valence-electron chi connectivity index (χ1n) is 8.01. The number of carboxylic acid groups (broad SMARTS) is 1. The molecule has 0 atom stereocenters. The first-order valence-corrected chi connectivity index (χ1v) is 8.01. The van der Waals surface area contributed by atoms with E-state index in [-0.39, 0.29) is 18.1 Å². The largest absolute Gasteiger partial charge is 0.476 e. The average Bonchev–Trinajstić information content (AvgIpc) is 2.96. The van der Waals surface area contributed by atoms with E-state index in [9.17, 15) is 9.59 Å². The van der Waals surface area contributed by atoms with Gasteiger partial charge < -0.3 is 10.0 Å². The summed E-state index contributed by atoms with van der Waals surface area (Å²) in [4.78, 5) is 25.1. The second-order valence-corrected chi connectivity index (χ2v) is 5.95. The fourth-order valence-electron chi connectivity index (χ4n) is 2.98. The number of carbonyl (C=O) groups excluding carboxylic acids is 1. The molecule has 0 aliphatic heterocycles. The van der Waals surface area contributed by atoms with E-state index >= 15 is 0 Å². The molecule has 1 amide bonds. The van der Waals surface area contributed by atoms with Crippen LogP contribution in [-0.2, 0) is 11.3 Å². The molecule has 1 aromatic rings. The predicted molar refractivity (Wildman–Crippen MR) is 80.4 cm³/mol. The number of carbonyl (C=O) groups is 2. The van der Waals surface area contributed by atoms with Gasteiger partial charge in [-0.1, -0.05) is 31.4 Å². The third kappa shape index (κ3) is 4.54. The van der Waals surface area contributed by atoms with Gasteiger partial charge in [0.1, 0.15) is 6.54 Å². The van der Waals surface area contributed by atoms with Gasteiger partial charge in [-0.3, -0.25) is 4.79 Å². The molecular formula is C15H24N4O3. The molecule has 0 spiro atoms. The monoisotopic (exact) mass is 308 g/mol. The molecule has 2 rings (SSSR count). The molecule has 1 aromatic heterocycles. The molecule has 7 heteroatoms. The summed E-state index contributed by atoms with van der Waals surface area (Å²) in [5, 5.41) is 16.1. The van der Waals surface area contributed by atoms with Crippen LogP contribution in [0.3, 0.4) is 0 Å². The zero-order valence-corrected chi connectivity index (χ0v) is 13.1. The lowest BCUT2D eigenvalue weighted by molar-refractivity contribution is -0.133. The fraction of sp³-hybridized carbons (Fsp3) is 0.733. The Balaban J connectivity index is 1.94. The van der Waals surface area contributed by atoms with Crippen molar-refractivity contribution in [3.8, 4) is 0 Å². The second-order valence-electron chi connectivity index (χ2n) is 5.95. The van der Waals surface area contributed by atoms with Gasteiger partial charge in [0.05, 0.1) is 6.20 Å². The normalized spacial score (nSPS) is 15.7. The lowest BCUT2D eigenvalue weighted by Gasteiger charge is -2.29. The van der Waals surface area contributed by atoms with Crippen molar-refractivity contribution in [2.45, 2.75) is 52.0 Å². The van der Waals surface area contributed by atoms with Gasteiger partial charge in [-0.2, -0.15) is 0 Å². The third-order valence-electron chi connectivity index (χ3n) is 4.10. The van der Waals surface area contributed by atoms with Crippen LogP contribution in [0.25, 0.3) is 0 Å². The zero-order valence-electron chi connectivity index (χ0n) is 13.1. The van der Waals surface area contributed by atoms with Crippen molar-refractivity contribution in [1.82, 2.24) is 19.9 Å². The minimum absolute atomic E-state index is 0.0192. The van der Waals surface area contributed by atoms with E-state index in [1.165, 1.54) is 43.0 Å². The number of hydrogen-bond donors (Lipinski definition) is 1. The number of carboxylic acids is 1. The summed E-state index contributed by atoms with van der Waals surface area (Å²) in [6.07, 6.45) is 8.41. The quantitative estimate of drug-likeness (QED) is 0.829. The molecule has 1 fully saturated rings. The van der Waals surface area contributed by atoms with Gasteiger partial charge in [-0.25, -0.2) is 9.48 Å². The van der Waals surface area contributed by atoms with E-state index in [2.05, 4.69) is 17.2 Å². The standard InChI is InChI=1S/C15H24N4O3/c1-2-8-18(9-12-6-4-3-5-7-12)14(20)11-19-10-13(15(21)22)16-17-19/h10,12H,2-9,11H2,1H3,(H,21,22). The van der Waals surface area contributed by atoms with E-state index in [4.69, 9.17) is 5.11 Å².